The van der Waals surface area contributed by atoms with Crippen LogP contribution in [-0.4, -0.2) is 0 Å². The Hall–Kier alpha value is -1.11. The average Bonchev–Trinajstić information content (AvgIpc) is 2.75. The second-order valence-electron chi connectivity index (χ2n) is 10.5. The van der Waals surface area contributed by atoms with E-state index in [0.29, 0.717) is 5.92 Å². The highest BCUT2D eigenvalue weighted by molar-refractivity contribution is 5.26. The molecule has 0 saturated heterocycles. The number of halogens is 1. The van der Waals surface area contributed by atoms with Crippen LogP contribution in [-0.2, 0) is 0 Å². The first-order valence-corrected chi connectivity index (χ1v) is 12.5. The minimum atomic E-state index is -0.0238. The lowest BCUT2D eigenvalue weighted by atomic mass is 9.60. The molecule has 4 atom stereocenters. The van der Waals surface area contributed by atoms with Crippen molar-refractivity contribution in [2.75, 3.05) is 0 Å². The van der Waals surface area contributed by atoms with Crippen LogP contribution < -0.4 is 0 Å². The van der Waals surface area contributed by atoms with Gasteiger partial charge in [0.15, 0.2) is 0 Å². The SMILES string of the molecule is C/C=C/CCC1CCC2CC(C3CCC(c4ccc(C)c(F)c4)CC3)CCC2C1. The van der Waals surface area contributed by atoms with Crippen LogP contribution in [0.25, 0.3) is 0 Å². The standard InChI is InChI=1S/C28H41F/c1-3-4-5-6-21-8-10-26-18-25(16-15-24(26)17-21)22-11-13-23(14-12-22)27-9-7-20(2)28(29)19-27/h3-4,7,9,19,21-26H,5-6,8,10-18H2,1-2H3/b4-3+. The number of benzene rings is 1. The predicted molar refractivity (Wildman–Crippen MR) is 122 cm³/mol. The van der Waals surface area contributed by atoms with Crippen LogP contribution in [0, 0.1) is 42.3 Å². The molecule has 0 spiro atoms. The molecule has 1 aromatic rings. The zero-order valence-corrected chi connectivity index (χ0v) is 18.7. The largest absolute Gasteiger partial charge is 0.207 e. The summed E-state index contributed by atoms with van der Waals surface area (Å²) in [7, 11) is 0. The van der Waals surface area contributed by atoms with E-state index in [9.17, 15) is 4.39 Å². The molecular formula is C28H41F. The lowest BCUT2D eigenvalue weighted by molar-refractivity contribution is 0.0621. The molecule has 3 fully saturated rings. The van der Waals surface area contributed by atoms with Crippen LogP contribution in [0.3, 0.4) is 0 Å². The van der Waals surface area contributed by atoms with Crippen molar-refractivity contribution in [2.45, 2.75) is 96.8 Å². The van der Waals surface area contributed by atoms with Crippen LogP contribution >= 0.6 is 0 Å². The van der Waals surface area contributed by atoms with Gasteiger partial charge in [-0.3, -0.25) is 0 Å². The lowest BCUT2D eigenvalue weighted by Gasteiger charge is -2.45. The van der Waals surface area contributed by atoms with Crippen molar-refractivity contribution in [1.29, 1.82) is 0 Å². The van der Waals surface area contributed by atoms with Gasteiger partial charge in [0, 0.05) is 0 Å². The summed E-state index contributed by atoms with van der Waals surface area (Å²) in [6.07, 6.45) is 21.5. The molecule has 4 rings (SSSR count). The van der Waals surface area contributed by atoms with Gasteiger partial charge in [-0.05, 0) is 137 Å². The van der Waals surface area contributed by atoms with Crippen LogP contribution in [0.4, 0.5) is 4.39 Å². The molecule has 4 unspecified atom stereocenters. The quantitative estimate of drug-likeness (QED) is 0.437. The van der Waals surface area contributed by atoms with E-state index in [2.05, 4.69) is 25.1 Å². The Balaban J connectivity index is 1.25. The molecule has 0 bridgehead atoms. The molecule has 0 heterocycles. The van der Waals surface area contributed by atoms with Gasteiger partial charge in [-0.1, -0.05) is 30.7 Å². The second-order valence-corrected chi connectivity index (χ2v) is 10.5. The first-order chi connectivity index (χ1) is 14.1. The first-order valence-electron chi connectivity index (χ1n) is 12.5. The molecule has 0 N–H and O–H groups in total. The summed E-state index contributed by atoms with van der Waals surface area (Å²) in [4.78, 5) is 0. The Labute approximate surface area is 178 Å². The fourth-order valence-corrected chi connectivity index (χ4v) is 7.00. The maximum Gasteiger partial charge on any atom is 0.126 e. The van der Waals surface area contributed by atoms with E-state index < -0.39 is 0 Å². The van der Waals surface area contributed by atoms with Gasteiger partial charge in [0.2, 0.25) is 0 Å². The fraction of sp³-hybridized carbons (Fsp3) is 0.714. The molecule has 1 heteroatoms. The zero-order valence-electron chi connectivity index (χ0n) is 18.7. The van der Waals surface area contributed by atoms with E-state index in [1.165, 1.54) is 82.6 Å². The smallest absolute Gasteiger partial charge is 0.126 e. The lowest BCUT2D eigenvalue weighted by Crippen LogP contribution is -2.34. The minimum Gasteiger partial charge on any atom is -0.207 e. The van der Waals surface area contributed by atoms with Crippen molar-refractivity contribution in [3.63, 3.8) is 0 Å². The summed E-state index contributed by atoms with van der Waals surface area (Å²) < 4.78 is 14.0. The van der Waals surface area contributed by atoms with Crippen LogP contribution in [0.15, 0.2) is 30.4 Å². The highest BCUT2D eigenvalue weighted by Crippen LogP contribution is 2.50. The predicted octanol–water partition coefficient (Wildman–Crippen LogP) is 8.60. The molecule has 0 nitrogen and oxygen atoms in total. The number of hydrogen-bond acceptors (Lipinski definition) is 0. The summed E-state index contributed by atoms with van der Waals surface area (Å²) in [5.41, 5.74) is 2.02. The molecule has 0 amide bonds. The highest BCUT2D eigenvalue weighted by Gasteiger charge is 2.38. The number of fused-ring (bicyclic) bond motifs is 1. The molecular weight excluding hydrogens is 355 g/mol. The van der Waals surface area contributed by atoms with Crippen LogP contribution in [0.5, 0.6) is 0 Å². The summed E-state index contributed by atoms with van der Waals surface area (Å²) in [5.74, 6) is 5.53. The van der Waals surface area contributed by atoms with Gasteiger partial charge in [-0.15, -0.1) is 0 Å². The van der Waals surface area contributed by atoms with Crippen molar-refractivity contribution in [1.82, 2.24) is 0 Å². The van der Waals surface area contributed by atoms with Gasteiger partial charge in [0.1, 0.15) is 5.82 Å². The highest BCUT2D eigenvalue weighted by atomic mass is 19.1. The molecule has 160 valence electrons. The number of hydrogen-bond donors (Lipinski definition) is 0. The van der Waals surface area contributed by atoms with Gasteiger partial charge >= 0.3 is 0 Å². The normalized spacial score (nSPS) is 35.6. The van der Waals surface area contributed by atoms with Gasteiger partial charge in [0.05, 0.1) is 0 Å². The third kappa shape index (κ3) is 5.15. The molecule has 29 heavy (non-hydrogen) atoms. The molecule has 3 aliphatic rings. The van der Waals surface area contributed by atoms with E-state index in [1.807, 2.05) is 13.0 Å². The van der Waals surface area contributed by atoms with Gasteiger partial charge in [-0.2, -0.15) is 0 Å². The summed E-state index contributed by atoms with van der Waals surface area (Å²) in [6, 6.07) is 5.94. The van der Waals surface area contributed by atoms with Crippen LogP contribution in [0.2, 0.25) is 0 Å². The third-order valence-electron chi connectivity index (χ3n) is 8.85. The van der Waals surface area contributed by atoms with E-state index in [1.54, 1.807) is 6.07 Å². The van der Waals surface area contributed by atoms with Crippen molar-refractivity contribution in [2.24, 2.45) is 29.6 Å². The second kappa shape index (κ2) is 9.80. The summed E-state index contributed by atoms with van der Waals surface area (Å²) in [5, 5.41) is 0. The topological polar surface area (TPSA) is 0 Å². The maximum atomic E-state index is 14.0. The van der Waals surface area contributed by atoms with Gasteiger partial charge in [-0.25, -0.2) is 4.39 Å². The molecule has 3 aliphatic carbocycles. The molecule has 0 aliphatic heterocycles. The van der Waals surface area contributed by atoms with Crippen molar-refractivity contribution in [3.05, 3.63) is 47.3 Å². The summed E-state index contributed by atoms with van der Waals surface area (Å²) >= 11 is 0. The van der Waals surface area contributed by atoms with Gasteiger partial charge < -0.3 is 0 Å². The van der Waals surface area contributed by atoms with Crippen molar-refractivity contribution >= 4 is 0 Å². The first kappa shape index (κ1) is 21.1. The Morgan fingerprint density at radius 3 is 2.24 bits per heavy atom. The molecule has 1 aromatic carbocycles. The van der Waals surface area contributed by atoms with Crippen LogP contribution in [0.1, 0.15) is 101 Å². The molecule has 3 saturated carbocycles. The Kier molecular flexibility index (Phi) is 7.14. The fourth-order valence-electron chi connectivity index (χ4n) is 7.00. The monoisotopic (exact) mass is 396 g/mol. The third-order valence-corrected chi connectivity index (χ3v) is 8.85. The summed E-state index contributed by atoms with van der Waals surface area (Å²) in [6.45, 7) is 4.01. The van der Waals surface area contributed by atoms with E-state index in [-0.39, 0.29) is 5.82 Å². The Morgan fingerprint density at radius 1 is 0.862 bits per heavy atom. The Bertz CT molecular complexity index is 682. The minimum absolute atomic E-state index is 0.0238. The maximum absolute atomic E-state index is 14.0. The van der Waals surface area contributed by atoms with E-state index >= 15 is 0 Å². The average molecular weight is 397 g/mol. The zero-order chi connectivity index (χ0) is 20.2. The number of rotatable bonds is 5. The van der Waals surface area contributed by atoms with Gasteiger partial charge in [0.25, 0.3) is 0 Å². The Morgan fingerprint density at radius 2 is 1.52 bits per heavy atom. The van der Waals surface area contributed by atoms with Crippen molar-refractivity contribution < 1.29 is 4.39 Å². The number of aryl methyl sites for hydroxylation is 1. The molecule has 0 aromatic heterocycles. The number of allylic oxidation sites excluding steroid dienone is 2. The van der Waals surface area contributed by atoms with E-state index in [0.717, 1.165) is 35.2 Å². The van der Waals surface area contributed by atoms with E-state index in [4.69, 9.17) is 0 Å². The van der Waals surface area contributed by atoms with Crippen molar-refractivity contribution in [3.8, 4) is 0 Å². The molecule has 0 radical (unpaired) electrons.